The van der Waals surface area contributed by atoms with Crippen LogP contribution in [0.3, 0.4) is 0 Å². The van der Waals surface area contributed by atoms with Gasteiger partial charge in [0.25, 0.3) is 17.5 Å². The van der Waals surface area contributed by atoms with Gasteiger partial charge >= 0.3 is 5.97 Å². The van der Waals surface area contributed by atoms with E-state index in [1.165, 1.54) is 36.6 Å². The maximum Gasteiger partial charge on any atom is 0.333 e. The molecule has 34 heavy (non-hydrogen) atoms. The van der Waals surface area contributed by atoms with Crippen molar-refractivity contribution in [1.82, 2.24) is 5.32 Å². The van der Waals surface area contributed by atoms with Crippen molar-refractivity contribution in [3.05, 3.63) is 88.4 Å². The number of ether oxygens (including phenoxy) is 2. The average molecular weight is 467 g/mol. The second kappa shape index (κ2) is 11.3. The maximum atomic E-state index is 12.7. The summed E-state index contributed by atoms with van der Waals surface area (Å²) in [5.74, 6) is -2.08. The molecule has 1 heterocycles. The number of benzene rings is 2. The van der Waals surface area contributed by atoms with Gasteiger partial charge in [0.2, 0.25) is 0 Å². The first-order valence-corrected chi connectivity index (χ1v) is 10.2. The smallest absolute Gasteiger partial charge is 0.333 e. The van der Waals surface area contributed by atoms with E-state index >= 15 is 0 Å². The number of rotatable bonds is 10. The quantitative estimate of drug-likeness (QED) is 0.262. The van der Waals surface area contributed by atoms with Gasteiger partial charge in [-0.25, -0.2) is 4.79 Å². The Bertz CT molecular complexity index is 1160. The Morgan fingerprint density at radius 2 is 1.85 bits per heavy atom. The molecular formula is C23H21N3O8. The first-order valence-electron chi connectivity index (χ1n) is 10.2. The van der Waals surface area contributed by atoms with Gasteiger partial charge in [0, 0.05) is 0 Å². The summed E-state index contributed by atoms with van der Waals surface area (Å²) in [7, 11) is 0. The van der Waals surface area contributed by atoms with Gasteiger partial charge in [-0.3, -0.25) is 19.7 Å². The molecule has 3 aromatic rings. The fourth-order valence-electron chi connectivity index (χ4n) is 2.96. The highest BCUT2D eigenvalue weighted by atomic mass is 16.6. The lowest BCUT2D eigenvalue weighted by Gasteiger charge is -2.17. The second-order valence-corrected chi connectivity index (χ2v) is 6.82. The monoisotopic (exact) mass is 467 g/mol. The number of anilines is 1. The number of amides is 2. The molecule has 2 amide bonds. The van der Waals surface area contributed by atoms with Crippen molar-refractivity contribution in [2.75, 3.05) is 18.5 Å². The Morgan fingerprint density at radius 1 is 1.09 bits per heavy atom. The van der Waals surface area contributed by atoms with Crippen molar-refractivity contribution in [3.8, 4) is 5.75 Å². The van der Waals surface area contributed by atoms with Gasteiger partial charge in [-0.1, -0.05) is 30.3 Å². The van der Waals surface area contributed by atoms with Crippen LogP contribution in [0.4, 0.5) is 11.4 Å². The first kappa shape index (κ1) is 24.0. The number of furan rings is 1. The highest BCUT2D eigenvalue weighted by Crippen LogP contribution is 2.29. The van der Waals surface area contributed by atoms with Crippen molar-refractivity contribution in [2.45, 2.75) is 13.0 Å². The molecule has 0 aliphatic rings. The molecule has 1 unspecified atom stereocenters. The number of nitrogens with one attached hydrogen (secondary N) is 2. The fraction of sp³-hybridized carbons (Fsp3) is 0.174. The minimum Gasteiger partial charge on any atom is -0.494 e. The van der Waals surface area contributed by atoms with Crippen molar-refractivity contribution in [3.63, 3.8) is 0 Å². The van der Waals surface area contributed by atoms with E-state index in [9.17, 15) is 24.5 Å². The maximum absolute atomic E-state index is 12.7. The molecule has 0 spiro atoms. The molecule has 11 nitrogen and oxygen atoms in total. The van der Waals surface area contributed by atoms with Crippen molar-refractivity contribution >= 4 is 29.2 Å². The SMILES string of the molecule is CCOc1ccc(NC(=O)COC(=O)C(NC(=O)c2ccco2)c2ccccc2)c([N+](=O)[O-])c1. The lowest BCUT2D eigenvalue weighted by atomic mass is 10.1. The molecule has 11 heteroatoms. The van der Waals surface area contributed by atoms with Crippen LogP contribution < -0.4 is 15.4 Å². The van der Waals surface area contributed by atoms with Crippen LogP contribution in [-0.4, -0.2) is 35.9 Å². The fourth-order valence-corrected chi connectivity index (χ4v) is 2.96. The van der Waals surface area contributed by atoms with E-state index in [2.05, 4.69) is 10.6 Å². The summed E-state index contributed by atoms with van der Waals surface area (Å²) in [6.07, 6.45) is 1.31. The largest absolute Gasteiger partial charge is 0.494 e. The van der Waals surface area contributed by atoms with Crippen LogP contribution in [-0.2, 0) is 14.3 Å². The molecule has 176 valence electrons. The van der Waals surface area contributed by atoms with Gasteiger partial charge in [-0.2, -0.15) is 0 Å². The third-order valence-corrected chi connectivity index (χ3v) is 4.49. The van der Waals surface area contributed by atoms with Gasteiger partial charge < -0.3 is 24.5 Å². The van der Waals surface area contributed by atoms with Gasteiger partial charge in [-0.15, -0.1) is 0 Å². The highest BCUT2D eigenvalue weighted by Gasteiger charge is 2.27. The van der Waals surface area contributed by atoms with E-state index in [-0.39, 0.29) is 22.9 Å². The molecular weight excluding hydrogens is 446 g/mol. The van der Waals surface area contributed by atoms with Gasteiger partial charge in [0.15, 0.2) is 18.4 Å². The lowest BCUT2D eigenvalue weighted by Crippen LogP contribution is -2.36. The molecule has 0 saturated heterocycles. The number of nitro benzene ring substituents is 1. The summed E-state index contributed by atoms with van der Waals surface area (Å²) in [4.78, 5) is 48.1. The predicted octanol–water partition coefficient (Wildman–Crippen LogP) is 3.24. The van der Waals surface area contributed by atoms with E-state index < -0.39 is 35.4 Å². The standard InChI is InChI=1S/C23H21N3O8/c1-2-32-16-10-11-17(18(13-16)26(30)31)24-20(27)14-34-23(29)21(15-7-4-3-5-8-15)25-22(28)19-9-6-12-33-19/h3-13,21H,2,14H2,1H3,(H,24,27)(H,25,28). The van der Waals surface area contributed by atoms with Gasteiger partial charge in [0.1, 0.15) is 11.4 Å². The number of nitro groups is 1. The lowest BCUT2D eigenvalue weighted by molar-refractivity contribution is -0.384. The topological polar surface area (TPSA) is 150 Å². The third kappa shape index (κ3) is 6.19. The van der Waals surface area contributed by atoms with Crippen LogP contribution in [0.2, 0.25) is 0 Å². The average Bonchev–Trinajstić information content (AvgIpc) is 3.38. The molecule has 3 rings (SSSR count). The summed E-state index contributed by atoms with van der Waals surface area (Å²) in [6.45, 7) is 1.32. The Morgan fingerprint density at radius 3 is 2.50 bits per heavy atom. The molecule has 0 bridgehead atoms. The molecule has 1 aromatic heterocycles. The third-order valence-electron chi connectivity index (χ3n) is 4.49. The zero-order valence-electron chi connectivity index (χ0n) is 18.1. The van der Waals surface area contributed by atoms with E-state index in [4.69, 9.17) is 13.9 Å². The normalized spacial score (nSPS) is 11.2. The highest BCUT2D eigenvalue weighted by molar-refractivity contribution is 5.97. The Hall–Kier alpha value is -4.67. The number of carbonyl (C=O) groups is 3. The number of esters is 1. The predicted molar refractivity (Wildman–Crippen MR) is 119 cm³/mol. The van der Waals surface area contributed by atoms with Crippen molar-refractivity contribution in [1.29, 1.82) is 0 Å². The Labute approximate surface area is 193 Å². The van der Waals surface area contributed by atoms with Crippen LogP contribution in [0.25, 0.3) is 0 Å². The molecule has 0 aliphatic heterocycles. The van der Waals surface area contributed by atoms with Crippen molar-refractivity contribution < 1.29 is 33.2 Å². The summed E-state index contributed by atoms with van der Waals surface area (Å²) in [5.41, 5.74) is -0.0336. The van der Waals surface area contributed by atoms with E-state index in [1.54, 1.807) is 37.3 Å². The van der Waals surface area contributed by atoms with Crippen LogP contribution in [0.1, 0.15) is 29.1 Å². The summed E-state index contributed by atoms with van der Waals surface area (Å²) >= 11 is 0. The Kier molecular flexibility index (Phi) is 7.95. The van der Waals surface area contributed by atoms with Crippen LogP contribution in [0.5, 0.6) is 5.75 Å². The van der Waals surface area contributed by atoms with Crippen molar-refractivity contribution in [2.24, 2.45) is 0 Å². The number of hydrogen-bond donors (Lipinski definition) is 2. The van der Waals surface area contributed by atoms with Crippen LogP contribution in [0.15, 0.2) is 71.3 Å². The summed E-state index contributed by atoms with van der Waals surface area (Å²) in [6, 6.07) is 14.0. The van der Waals surface area contributed by atoms with E-state index in [0.717, 1.165) is 0 Å². The molecule has 0 aliphatic carbocycles. The minimum absolute atomic E-state index is 0.00529. The van der Waals surface area contributed by atoms with Crippen LogP contribution >= 0.6 is 0 Å². The number of carbonyl (C=O) groups excluding carboxylic acids is 3. The van der Waals surface area contributed by atoms with Gasteiger partial charge in [-0.05, 0) is 36.8 Å². The Balaban J connectivity index is 1.67. The van der Waals surface area contributed by atoms with E-state index in [0.29, 0.717) is 12.2 Å². The molecule has 1 atom stereocenters. The summed E-state index contributed by atoms with van der Waals surface area (Å²) < 4.78 is 15.4. The molecule has 0 fully saturated rings. The number of hydrogen-bond acceptors (Lipinski definition) is 8. The number of nitrogens with zero attached hydrogens (tertiary/aromatic N) is 1. The molecule has 0 radical (unpaired) electrons. The summed E-state index contributed by atoms with van der Waals surface area (Å²) in [5, 5.41) is 16.2. The zero-order valence-corrected chi connectivity index (χ0v) is 18.1. The van der Waals surface area contributed by atoms with Gasteiger partial charge in [0.05, 0.1) is 23.9 Å². The van der Waals surface area contributed by atoms with Crippen LogP contribution in [0, 0.1) is 10.1 Å². The first-order chi connectivity index (χ1) is 16.4. The van der Waals surface area contributed by atoms with E-state index in [1.807, 2.05) is 0 Å². The minimum atomic E-state index is -1.22. The zero-order chi connectivity index (χ0) is 24.5. The second-order valence-electron chi connectivity index (χ2n) is 6.82. The molecule has 2 aromatic carbocycles. The molecule has 0 saturated carbocycles. The molecule has 2 N–H and O–H groups in total.